The molecule has 116 valence electrons. The second-order valence-corrected chi connectivity index (χ2v) is 5.48. The van der Waals surface area contributed by atoms with Crippen LogP contribution in [-0.4, -0.2) is 18.0 Å². The predicted molar refractivity (Wildman–Crippen MR) is 89.5 cm³/mol. The molecule has 1 aromatic carbocycles. The fourth-order valence-corrected chi connectivity index (χ4v) is 2.54. The number of nitrogens with zero attached hydrogens (tertiary/aromatic N) is 2. The van der Waals surface area contributed by atoms with Crippen LogP contribution >= 0.6 is 0 Å². The van der Waals surface area contributed by atoms with E-state index in [4.69, 9.17) is 0 Å². The van der Waals surface area contributed by atoms with Gasteiger partial charge in [-0.2, -0.15) is 4.99 Å². The second kappa shape index (κ2) is 8.96. The van der Waals surface area contributed by atoms with Crippen LogP contribution in [0.2, 0.25) is 0 Å². The van der Waals surface area contributed by atoms with Gasteiger partial charge in [0.15, 0.2) is 0 Å². The monoisotopic (exact) mass is 297 g/mol. The quantitative estimate of drug-likeness (QED) is 0.647. The third-order valence-electron chi connectivity index (χ3n) is 3.75. The molecule has 1 saturated carbocycles. The molecule has 0 atom stereocenters. The average Bonchev–Trinajstić information content (AvgIpc) is 2.55. The summed E-state index contributed by atoms with van der Waals surface area (Å²) >= 11 is 0. The molecule has 1 aliphatic rings. The van der Waals surface area contributed by atoms with Crippen LogP contribution < -0.4 is 5.32 Å². The number of aliphatic imine (C=N–C) groups is 2. The highest BCUT2D eigenvalue weighted by molar-refractivity contribution is 5.87. The number of hydrogen-bond donors (Lipinski definition) is 1. The molecule has 0 unspecified atom stereocenters. The molecule has 0 radical (unpaired) electrons. The number of hydrogen-bond acceptors (Lipinski definition) is 3. The molecule has 22 heavy (non-hydrogen) atoms. The van der Waals surface area contributed by atoms with Gasteiger partial charge in [-0.25, -0.2) is 4.99 Å². The maximum absolute atomic E-state index is 11.5. The van der Waals surface area contributed by atoms with Crippen molar-refractivity contribution < 1.29 is 4.79 Å². The molecular formula is C18H23N3O. The molecule has 0 saturated heterocycles. The van der Waals surface area contributed by atoms with Crippen molar-refractivity contribution in [1.82, 2.24) is 5.32 Å². The summed E-state index contributed by atoms with van der Waals surface area (Å²) in [5.74, 6) is -0.0999. The van der Waals surface area contributed by atoms with Crippen LogP contribution in [0.3, 0.4) is 0 Å². The number of allylic oxidation sites excluding steroid dienone is 1. The molecule has 1 fully saturated rings. The molecular weight excluding hydrogens is 274 g/mol. The number of nitrogens with one attached hydrogen (secondary N) is 1. The zero-order valence-corrected chi connectivity index (χ0v) is 13.1. The topological polar surface area (TPSA) is 53.8 Å². The highest BCUT2D eigenvalue weighted by atomic mass is 16.1. The van der Waals surface area contributed by atoms with E-state index in [-0.39, 0.29) is 5.91 Å². The van der Waals surface area contributed by atoms with Crippen LogP contribution in [0.5, 0.6) is 0 Å². The van der Waals surface area contributed by atoms with E-state index >= 15 is 0 Å². The van der Waals surface area contributed by atoms with Crippen molar-refractivity contribution in [2.24, 2.45) is 9.98 Å². The molecule has 0 aliphatic heterocycles. The standard InChI is InChI=1S/C18H23N3O/c1-2-8-18(22)19-13-15-9-6-7-12-17(15)21-14-20-16-10-4-3-5-11-16/h2,6-9,12,16H,3-5,10-11,13H2,1H3,(H,19,22)/b8-2+. The van der Waals surface area contributed by atoms with E-state index in [0.29, 0.717) is 12.6 Å². The van der Waals surface area contributed by atoms with Gasteiger partial charge in [0.1, 0.15) is 0 Å². The van der Waals surface area contributed by atoms with Crippen molar-refractivity contribution in [3.05, 3.63) is 42.0 Å². The third kappa shape index (κ3) is 5.30. The Balaban J connectivity index is 2.01. The van der Waals surface area contributed by atoms with Gasteiger partial charge in [-0.05, 0) is 37.5 Å². The Kier molecular flexibility index (Phi) is 6.59. The summed E-state index contributed by atoms with van der Waals surface area (Å²) in [5.41, 5.74) is 1.77. The Morgan fingerprint density at radius 3 is 2.86 bits per heavy atom. The Hall–Kier alpha value is -2.19. The SMILES string of the molecule is C/C=C/C(=O)NCc1ccccc1N=C=NC1CCCCC1. The second-order valence-electron chi connectivity index (χ2n) is 5.48. The molecule has 1 amide bonds. The number of carbonyl (C=O) groups excluding carboxylic acids is 1. The fraction of sp³-hybridized carbons (Fsp3) is 0.444. The van der Waals surface area contributed by atoms with Crippen molar-refractivity contribution in [1.29, 1.82) is 0 Å². The van der Waals surface area contributed by atoms with E-state index < -0.39 is 0 Å². The lowest BCUT2D eigenvalue weighted by Crippen LogP contribution is -2.20. The van der Waals surface area contributed by atoms with Gasteiger partial charge in [0.25, 0.3) is 0 Å². The van der Waals surface area contributed by atoms with Gasteiger partial charge >= 0.3 is 0 Å². The molecule has 4 nitrogen and oxygen atoms in total. The summed E-state index contributed by atoms with van der Waals surface area (Å²) in [6.45, 7) is 2.27. The number of rotatable bonds is 5. The normalized spacial score (nSPS) is 15.3. The van der Waals surface area contributed by atoms with Gasteiger partial charge in [-0.3, -0.25) is 4.79 Å². The summed E-state index contributed by atoms with van der Waals surface area (Å²) < 4.78 is 0. The van der Waals surface area contributed by atoms with E-state index in [1.54, 1.807) is 6.08 Å². The molecule has 1 aliphatic carbocycles. The minimum Gasteiger partial charge on any atom is -0.348 e. The number of amides is 1. The van der Waals surface area contributed by atoms with E-state index in [2.05, 4.69) is 21.3 Å². The third-order valence-corrected chi connectivity index (χ3v) is 3.75. The lowest BCUT2D eigenvalue weighted by Gasteiger charge is -2.15. The van der Waals surface area contributed by atoms with Crippen molar-refractivity contribution >= 4 is 17.6 Å². The van der Waals surface area contributed by atoms with Gasteiger partial charge < -0.3 is 5.32 Å². The lowest BCUT2D eigenvalue weighted by molar-refractivity contribution is -0.116. The van der Waals surface area contributed by atoms with Crippen molar-refractivity contribution in [2.45, 2.75) is 51.6 Å². The molecule has 2 rings (SSSR count). The van der Waals surface area contributed by atoms with E-state index in [1.807, 2.05) is 31.2 Å². The van der Waals surface area contributed by atoms with Crippen LogP contribution in [0.15, 0.2) is 46.4 Å². The van der Waals surface area contributed by atoms with Gasteiger partial charge in [0, 0.05) is 6.54 Å². The largest absolute Gasteiger partial charge is 0.348 e. The first kappa shape index (κ1) is 16.2. The van der Waals surface area contributed by atoms with Gasteiger partial charge in [0.05, 0.1) is 17.7 Å². The Bertz CT molecular complexity index is 580. The van der Waals surface area contributed by atoms with E-state index in [0.717, 1.165) is 24.1 Å². The summed E-state index contributed by atoms with van der Waals surface area (Å²) in [6, 6.07) is 11.0. The van der Waals surface area contributed by atoms with E-state index in [9.17, 15) is 4.79 Å². The molecule has 1 aromatic rings. The van der Waals surface area contributed by atoms with Gasteiger partial charge in [0.2, 0.25) is 5.91 Å². The van der Waals surface area contributed by atoms with Crippen LogP contribution in [0.1, 0.15) is 44.6 Å². The van der Waals surface area contributed by atoms with Crippen molar-refractivity contribution in [3.8, 4) is 0 Å². The van der Waals surface area contributed by atoms with Crippen molar-refractivity contribution in [2.75, 3.05) is 0 Å². The Morgan fingerprint density at radius 1 is 1.32 bits per heavy atom. The number of benzene rings is 1. The molecule has 0 spiro atoms. The summed E-state index contributed by atoms with van der Waals surface area (Å²) in [6.07, 6.45) is 9.34. The maximum Gasteiger partial charge on any atom is 0.243 e. The highest BCUT2D eigenvalue weighted by Crippen LogP contribution is 2.20. The molecule has 4 heteroatoms. The van der Waals surface area contributed by atoms with Crippen LogP contribution in [-0.2, 0) is 11.3 Å². The van der Waals surface area contributed by atoms with Crippen LogP contribution in [0.4, 0.5) is 5.69 Å². The van der Waals surface area contributed by atoms with Gasteiger partial charge in [-0.1, -0.05) is 43.5 Å². The summed E-state index contributed by atoms with van der Waals surface area (Å²) in [5, 5.41) is 2.84. The Morgan fingerprint density at radius 2 is 2.09 bits per heavy atom. The zero-order chi connectivity index (χ0) is 15.6. The molecule has 0 heterocycles. The van der Waals surface area contributed by atoms with Crippen LogP contribution in [0.25, 0.3) is 0 Å². The summed E-state index contributed by atoms with van der Waals surface area (Å²) in [4.78, 5) is 20.3. The predicted octanol–water partition coefficient (Wildman–Crippen LogP) is 4.02. The Labute approximate surface area is 132 Å². The molecule has 1 N–H and O–H groups in total. The number of carbonyl (C=O) groups is 1. The number of para-hydroxylation sites is 1. The first-order chi connectivity index (χ1) is 10.8. The highest BCUT2D eigenvalue weighted by Gasteiger charge is 2.10. The first-order valence-electron chi connectivity index (χ1n) is 7.93. The zero-order valence-electron chi connectivity index (χ0n) is 13.1. The maximum atomic E-state index is 11.5. The minimum atomic E-state index is -0.0999. The van der Waals surface area contributed by atoms with Crippen molar-refractivity contribution in [3.63, 3.8) is 0 Å². The lowest BCUT2D eigenvalue weighted by atomic mass is 9.96. The van der Waals surface area contributed by atoms with E-state index in [1.165, 1.54) is 25.3 Å². The van der Waals surface area contributed by atoms with Crippen LogP contribution in [0, 0.1) is 0 Å². The summed E-state index contributed by atoms with van der Waals surface area (Å²) in [7, 11) is 0. The fourth-order valence-electron chi connectivity index (χ4n) is 2.54. The molecule has 0 bridgehead atoms. The van der Waals surface area contributed by atoms with Gasteiger partial charge in [-0.15, -0.1) is 0 Å². The smallest absolute Gasteiger partial charge is 0.243 e. The minimum absolute atomic E-state index is 0.0999. The average molecular weight is 297 g/mol. The first-order valence-corrected chi connectivity index (χ1v) is 7.93. The molecule has 0 aromatic heterocycles.